The van der Waals surface area contributed by atoms with Gasteiger partial charge in [-0.3, -0.25) is 4.79 Å². The molecule has 0 aliphatic carbocycles. The number of anilines is 2. The molecule has 5 nitrogen and oxygen atoms in total. The Kier molecular flexibility index (Phi) is 5.11. The summed E-state index contributed by atoms with van der Waals surface area (Å²) in [5, 5.41) is 0. The van der Waals surface area contributed by atoms with Gasteiger partial charge in [-0.2, -0.15) is 0 Å². The molecule has 25 heavy (non-hydrogen) atoms. The molecule has 1 atom stereocenters. The average Bonchev–Trinajstić information content (AvgIpc) is 3.23. The third-order valence-corrected chi connectivity index (χ3v) is 5.73. The second-order valence-electron chi connectivity index (χ2n) is 7.38. The Labute approximate surface area is 150 Å². The summed E-state index contributed by atoms with van der Waals surface area (Å²) in [5.74, 6) is 0.192. The number of ether oxygens (including phenoxy) is 1. The van der Waals surface area contributed by atoms with Crippen LogP contribution >= 0.6 is 0 Å². The molecule has 3 aliphatic rings. The van der Waals surface area contributed by atoms with Crippen molar-refractivity contribution in [2.24, 2.45) is 0 Å². The lowest BCUT2D eigenvalue weighted by molar-refractivity contribution is -0.141. The van der Waals surface area contributed by atoms with Gasteiger partial charge in [0.15, 0.2) is 0 Å². The Morgan fingerprint density at radius 3 is 1.96 bits per heavy atom. The van der Waals surface area contributed by atoms with Gasteiger partial charge < -0.3 is 19.4 Å². The molecule has 3 heterocycles. The molecule has 4 rings (SSSR count). The Bertz CT molecular complexity index is 569. The SMILES string of the molecule is O=C(C1CCCO1)N1CCN(c2ccc(N3CCCCC3)cc2)CC1. The minimum Gasteiger partial charge on any atom is -0.372 e. The normalized spacial score (nSPS) is 24.6. The van der Waals surface area contributed by atoms with Gasteiger partial charge in [0, 0.05) is 57.3 Å². The van der Waals surface area contributed by atoms with E-state index in [4.69, 9.17) is 4.74 Å². The smallest absolute Gasteiger partial charge is 0.251 e. The molecule has 1 amide bonds. The zero-order chi connectivity index (χ0) is 17.1. The fourth-order valence-electron chi connectivity index (χ4n) is 4.19. The molecule has 1 unspecified atom stereocenters. The summed E-state index contributed by atoms with van der Waals surface area (Å²) < 4.78 is 5.54. The third-order valence-electron chi connectivity index (χ3n) is 5.73. The number of nitrogens with zero attached hydrogens (tertiary/aromatic N) is 3. The molecule has 3 aliphatic heterocycles. The molecule has 136 valence electrons. The Morgan fingerprint density at radius 1 is 0.800 bits per heavy atom. The van der Waals surface area contributed by atoms with Crippen molar-refractivity contribution in [3.05, 3.63) is 24.3 Å². The minimum atomic E-state index is -0.185. The zero-order valence-corrected chi connectivity index (χ0v) is 15.0. The maximum absolute atomic E-state index is 12.4. The topological polar surface area (TPSA) is 36.0 Å². The van der Waals surface area contributed by atoms with E-state index in [2.05, 4.69) is 34.1 Å². The van der Waals surface area contributed by atoms with Crippen LogP contribution in [0.1, 0.15) is 32.1 Å². The fraction of sp³-hybridized carbons (Fsp3) is 0.650. The van der Waals surface area contributed by atoms with Gasteiger partial charge in [-0.1, -0.05) is 0 Å². The van der Waals surface area contributed by atoms with Crippen LogP contribution in [0.5, 0.6) is 0 Å². The van der Waals surface area contributed by atoms with Gasteiger partial charge >= 0.3 is 0 Å². The largest absolute Gasteiger partial charge is 0.372 e. The Hall–Kier alpha value is -1.75. The van der Waals surface area contributed by atoms with Crippen LogP contribution in [0.3, 0.4) is 0 Å². The van der Waals surface area contributed by atoms with Crippen LogP contribution in [-0.2, 0) is 9.53 Å². The predicted octanol–water partition coefficient (Wildman–Crippen LogP) is 2.50. The molecule has 0 saturated carbocycles. The van der Waals surface area contributed by atoms with Gasteiger partial charge in [-0.25, -0.2) is 0 Å². The first-order valence-corrected chi connectivity index (χ1v) is 9.81. The van der Waals surface area contributed by atoms with Crippen molar-refractivity contribution in [3.8, 4) is 0 Å². The van der Waals surface area contributed by atoms with Crippen molar-refractivity contribution in [1.29, 1.82) is 0 Å². The minimum absolute atomic E-state index is 0.185. The van der Waals surface area contributed by atoms with Crippen LogP contribution in [-0.4, -0.2) is 62.8 Å². The molecule has 3 fully saturated rings. The number of carbonyl (C=O) groups is 1. The quantitative estimate of drug-likeness (QED) is 0.845. The molecular formula is C20H29N3O2. The standard InChI is InChI=1S/C20H29N3O2/c24-20(19-5-4-16-25-19)23-14-12-22(13-15-23)18-8-6-17(7-9-18)21-10-2-1-3-11-21/h6-9,19H,1-5,10-16H2. The second kappa shape index (κ2) is 7.65. The molecule has 0 bridgehead atoms. The van der Waals surface area contributed by atoms with Crippen molar-refractivity contribution >= 4 is 17.3 Å². The summed E-state index contributed by atoms with van der Waals surface area (Å²) in [4.78, 5) is 19.3. The molecule has 3 saturated heterocycles. The molecule has 1 aromatic carbocycles. The van der Waals surface area contributed by atoms with E-state index < -0.39 is 0 Å². The van der Waals surface area contributed by atoms with Crippen molar-refractivity contribution < 1.29 is 9.53 Å². The lowest BCUT2D eigenvalue weighted by Gasteiger charge is -2.37. The van der Waals surface area contributed by atoms with Crippen molar-refractivity contribution in [1.82, 2.24) is 4.90 Å². The van der Waals surface area contributed by atoms with Gasteiger partial charge in [-0.15, -0.1) is 0 Å². The summed E-state index contributed by atoms with van der Waals surface area (Å²) >= 11 is 0. The number of piperidine rings is 1. The number of hydrogen-bond donors (Lipinski definition) is 0. The molecule has 5 heteroatoms. The van der Waals surface area contributed by atoms with E-state index in [0.717, 1.165) is 45.6 Å². The highest BCUT2D eigenvalue weighted by molar-refractivity contribution is 5.81. The molecule has 1 aromatic rings. The zero-order valence-electron chi connectivity index (χ0n) is 15.0. The fourth-order valence-corrected chi connectivity index (χ4v) is 4.19. The summed E-state index contributed by atoms with van der Waals surface area (Å²) in [6, 6.07) is 8.98. The number of piperazine rings is 1. The van der Waals surface area contributed by atoms with Gasteiger partial charge in [0.05, 0.1) is 0 Å². The number of hydrogen-bond acceptors (Lipinski definition) is 4. The van der Waals surface area contributed by atoms with Crippen LogP contribution < -0.4 is 9.80 Å². The molecule has 0 aromatic heterocycles. The van der Waals surface area contributed by atoms with Gasteiger partial charge in [-0.05, 0) is 56.4 Å². The number of rotatable bonds is 3. The number of carbonyl (C=O) groups excluding carboxylic acids is 1. The highest BCUT2D eigenvalue weighted by Crippen LogP contribution is 2.25. The van der Waals surface area contributed by atoms with Crippen LogP contribution in [0.4, 0.5) is 11.4 Å². The number of benzene rings is 1. The first-order chi connectivity index (χ1) is 12.3. The van der Waals surface area contributed by atoms with Crippen LogP contribution in [0, 0.1) is 0 Å². The first kappa shape index (κ1) is 16.7. The second-order valence-corrected chi connectivity index (χ2v) is 7.38. The molecule has 0 N–H and O–H groups in total. The van der Waals surface area contributed by atoms with E-state index in [1.807, 2.05) is 4.90 Å². The number of amides is 1. The van der Waals surface area contributed by atoms with E-state index in [-0.39, 0.29) is 12.0 Å². The van der Waals surface area contributed by atoms with Crippen LogP contribution in [0.15, 0.2) is 24.3 Å². The highest BCUT2D eigenvalue weighted by Gasteiger charge is 2.30. The lowest BCUT2D eigenvalue weighted by atomic mass is 10.1. The molecular weight excluding hydrogens is 314 g/mol. The Morgan fingerprint density at radius 2 is 1.40 bits per heavy atom. The van der Waals surface area contributed by atoms with E-state index in [1.54, 1.807) is 0 Å². The van der Waals surface area contributed by atoms with Crippen molar-refractivity contribution in [2.75, 3.05) is 55.7 Å². The highest BCUT2D eigenvalue weighted by atomic mass is 16.5. The third kappa shape index (κ3) is 3.76. The summed E-state index contributed by atoms with van der Waals surface area (Å²) in [6.45, 7) is 6.51. The summed E-state index contributed by atoms with van der Waals surface area (Å²) in [5.41, 5.74) is 2.61. The maximum atomic E-state index is 12.4. The lowest BCUT2D eigenvalue weighted by Crippen LogP contribution is -2.51. The van der Waals surface area contributed by atoms with Crippen molar-refractivity contribution in [3.63, 3.8) is 0 Å². The van der Waals surface area contributed by atoms with E-state index in [0.29, 0.717) is 0 Å². The summed E-state index contributed by atoms with van der Waals surface area (Å²) in [6.07, 6.45) is 5.70. The van der Waals surface area contributed by atoms with E-state index >= 15 is 0 Å². The predicted molar refractivity (Wildman–Crippen MR) is 100 cm³/mol. The average molecular weight is 343 g/mol. The monoisotopic (exact) mass is 343 g/mol. The van der Waals surface area contributed by atoms with Crippen LogP contribution in [0.2, 0.25) is 0 Å². The van der Waals surface area contributed by atoms with E-state index in [9.17, 15) is 4.79 Å². The van der Waals surface area contributed by atoms with Crippen molar-refractivity contribution in [2.45, 2.75) is 38.2 Å². The maximum Gasteiger partial charge on any atom is 0.251 e. The van der Waals surface area contributed by atoms with Gasteiger partial charge in [0.2, 0.25) is 0 Å². The molecule has 0 spiro atoms. The van der Waals surface area contributed by atoms with Gasteiger partial charge in [0.1, 0.15) is 6.10 Å². The molecule has 0 radical (unpaired) electrons. The summed E-state index contributed by atoms with van der Waals surface area (Å²) in [7, 11) is 0. The first-order valence-electron chi connectivity index (χ1n) is 9.81. The van der Waals surface area contributed by atoms with E-state index in [1.165, 1.54) is 43.7 Å². The van der Waals surface area contributed by atoms with Crippen LogP contribution in [0.25, 0.3) is 0 Å². The van der Waals surface area contributed by atoms with Gasteiger partial charge in [0.25, 0.3) is 5.91 Å². The Balaban J connectivity index is 1.32.